The quantitative estimate of drug-likeness (QED) is 0.392. The van der Waals surface area contributed by atoms with Crippen molar-refractivity contribution in [1.82, 2.24) is 14.8 Å². The second-order valence-electron chi connectivity index (χ2n) is 4.01. The van der Waals surface area contributed by atoms with E-state index in [9.17, 15) is 4.39 Å². The van der Waals surface area contributed by atoms with Crippen LogP contribution in [-0.4, -0.2) is 20.6 Å². The number of rotatable bonds is 2. The number of allylic oxidation sites excluding steroid dienone is 1. The largest absolute Gasteiger partial charge is 0.397 e. The predicted molar refractivity (Wildman–Crippen MR) is 76.5 cm³/mol. The Hall–Kier alpha value is -2.94. The highest BCUT2D eigenvalue weighted by molar-refractivity contribution is 5.91. The molecule has 6 heteroatoms. The van der Waals surface area contributed by atoms with Crippen LogP contribution >= 0.6 is 0 Å². The highest BCUT2D eigenvalue weighted by Crippen LogP contribution is 2.13. The van der Waals surface area contributed by atoms with Crippen molar-refractivity contribution in [3.05, 3.63) is 48.3 Å². The Morgan fingerprint density at radius 2 is 2.35 bits per heavy atom. The molecule has 20 heavy (non-hydrogen) atoms. The summed E-state index contributed by atoms with van der Waals surface area (Å²) in [7, 11) is 0. The van der Waals surface area contributed by atoms with E-state index in [1.165, 1.54) is 4.68 Å². The molecule has 2 N–H and O–H groups in total. The number of aromatic nitrogens is 3. The highest BCUT2D eigenvalue weighted by atomic mass is 19.1. The van der Waals surface area contributed by atoms with Crippen molar-refractivity contribution < 1.29 is 4.39 Å². The van der Waals surface area contributed by atoms with E-state index >= 15 is 0 Å². The first-order chi connectivity index (χ1) is 9.52. The molecule has 0 saturated carbocycles. The molecule has 0 bridgehead atoms. The zero-order valence-corrected chi connectivity index (χ0v) is 10.8. The van der Waals surface area contributed by atoms with Crippen LogP contribution in [0.25, 0.3) is 11.0 Å². The molecule has 2 heterocycles. The lowest BCUT2D eigenvalue weighted by molar-refractivity contribution is 0.646. The van der Waals surface area contributed by atoms with Crippen molar-refractivity contribution in [3.8, 4) is 12.3 Å². The van der Waals surface area contributed by atoms with Crippen LogP contribution in [0.5, 0.6) is 0 Å². The van der Waals surface area contributed by atoms with Crippen LogP contribution in [0.3, 0.4) is 0 Å². The molecule has 0 unspecified atom stereocenters. The van der Waals surface area contributed by atoms with Gasteiger partial charge in [0.2, 0.25) is 0 Å². The Bertz CT molecular complexity index is 776. The minimum atomic E-state index is -0.691. The smallest absolute Gasteiger partial charge is 0.163 e. The van der Waals surface area contributed by atoms with Crippen LogP contribution in [0.1, 0.15) is 12.5 Å². The molecule has 0 aliphatic rings. The van der Waals surface area contributed by atoms with Gasteiger partial charge >= 0.3 is 0 Å². The summed E-state index contributed by atoms with van der Waals surface area (Å²) >= 11 is 0. The van der Waals surface area contributed by atoms with Crippen molar-refractivity contribution >= 4 is 16.9 Å². The van der Waals surface area contributed by atoms with Gasteiger partial charge in [-0.05, 0) is 13.0 Å². The molecule has 0 fully saturated rings. The van der Waals surface area contributed by atoms with Crippen LogP contribution in [0.4, 0.5) is 4.39 Å². The maximum atomic E-state index is 13.2. The lowest BCUT2D eigenvalue weighted by atomic mass is 10.2. The van der Waals surface area contributed by atoms with E-state index in [0.29, 0.717) is 22.4 Å². The van der Waals surface area contributed by atoms with E-state index in [-0.39, 0.29) is 5.70 Å². The molecular formula is C14H12FN5. The van der Waals surface area contributed by atoms with Gasteiger partial charge in [0.25, 0.3) is 0 Å². The minimum Gasteiger partial charge on any atom is -0.397 e. The first-order valence-corrected chi connectivity index (χ1v) is 5.68. The van der Waals surface area contributed by atoms with E-state index in [0.717, 1.165) is 6.20 Å². The molecule has 100 valence electrons. The molecule has 0 saturated heterocycles. The van der Waals surface area contributed by atoms with Crippen LogP contribution in [0, 0.1) is 12.3 Å². The SMILES string of the molecule is C#Cc1cnc2cnn(/C(C)=N/C=C(/F)C(=C)N)c2c1. The van der Waals surface area contributed by atoms with Gasteiger partial charge in [-0.25, -0.2) is 14.1 Å². The number of aliphatic imine (C=N–C) groups is 1. The van der Waals surface area contributed by atoms with Gasteiger partial charge in [-0.1, -0.05) is 12.5 Å². The molecule has 2 aromatic heterocycles. The van der Waals surface area contributed by atoms with E-state index in [4.69, 9.17) is 12.2 Å². The van der Waals surface area contributed by atoms with Gasteiger partial charge in [-0.2, -0.15) is 5.10 Å². The number of fused-ring (bicyclic) bond motifs is 1. The van der Waals surface area contributed by atoms with E-state index in [1.54, 1.807) is 25.4 Å². The second-order valence-corrected chi connectivity index (χ2v) is 4.01. The van der Waals surface area contributed by atoms with Crippen molar-refractivity contribution in [2.24, 2.45) is 10.7 Å². The normalized spacial score (nSPS) is 12.4. The summed E-state index contributed by atoms with van der Waals surface area (Å²) in [5.74, 6) is 2.26. The third-order valence-corrected chi connectivity index (χ3v) is 2.57. The van der Waals surface area contributed by atoms with Crippen LogP contribution in [0.2, 0.25) is 0 Å². The lowest BCUT2D eigenvalue weighted by Crippen LogP contribution is -2.08. The number of halogens is 1. The first kappa shape index (κ1) is 13.5. The predicted octanol–water partition coefficient (Wildman–Crippen LogP) is 1.96. The van der Waals surface area contributed by atoms with Gasteiger partial charge in [-0.3, -0.25) is 4.98 Å². The molecule has 0 spiro atoms. The van der Waals surface area contributed by atoms with Crippen molar-refractivity contribution in [1.29, 1.82) is 0 Å². The summed E-state index contributed by atoms with van der Waals surface area (Å²) in [6, 6.07) is 1.76. The maximum Gasteiger partial charge on any atom is 0.163 e. The highest BCUT2D eigenvalue weighted by Gasteiger charge is 2.06. The average Bonchev–Trinajstić information content (AvgIpc) is 2.86. The second kappa shape index (κ2) is 5.36. The fourth-order valence-corrected chi connectivity index (χ4v) is 1.53. The van der Waals surface area contributed by atoms with Crippen LogP contribution < -0.4 is 5.73 Å². The fourth-order valence-electron chi connectivity index (χ4n) is 1.53. The third kappa shape index (κ3) is 2.57. The zero-order chi connectivity index (χ0) is 14.7. The molecule has 5 nitrogen and oxygen atoms in total. The van der Waals surface area contributed by atoms with Crippen molar-refractivity contribution in [2.45, 2.75) is 6.92 Å². The van der Waals surface area contributed by atoms with Gasteiger partial charge in [-0.15, -0.1) is 6.42 Å². The Morgan fingerprint density at radius 3 is 3.00 bits per heavy atom. The topological polar surface area (TPSA) is 69.1 Å². The molecule has 0 atom stereocenters. The van der Waals surface area contributed by atoms with Crippen LogP contribution in [-0.2, 0) is 0 Å². The Kier molecular flexibility index (Phi) is 3.62. The van der Waals surface area contributed by atoms with Crippen molar-refractivity contribution in [2.75, 3.05) is 0 Å². The molecule has 2 rings (SSSR count). The number of pyridine rings is 1. The molecule has 0 aromatic carbocycles. The molecule has 2 aromatic rings. The Labute approximate surface area is 115 Å². The van der Waals surface area contributed by atoms with Gasteiger partial charge in [0.05, 0.1) is 23.6 Å². The first-order valence-electron chi connectivity index (χ1n) is 5.68. The fraction of sp³-hybridized carbons (Fsp3) is 0.0714. The zero-order valence-electron chi connectivity index (χ0n) is 10.8. The van der Waals surface area contributed by atoms with Crippen molar-refractivity contribution in [3.63, 3.8) is 0 Å². The third-order valence-electron chi connectivity index (χ3n) is 2.57. The number of hydrogen-bond donors (Lipinski definition) is 1. The molecular weight excluding hydrogens is 257 g/mol. The number of terminal acetylenes is 1. The van der Waals surface area contributed by atoms with Crippen LogP contribution in [0.15, 0.2) is 47.8 Å². The van der Waals surface area contributed by atoms with Gasteiger partial charge in [0.1, 0.15) is 11.4 Å². The summed E-state index contributed by atoms with van der Waals surface area (Å²) in [6.07, 6.45) is 9.49. The average molecular weight is 269 g/mol. The van der Waals surface area contributed by atoms with E-state index < -0.39 is 5.83 Å². The Morgan fingerprint density at radius 1 is 1.60 bits per heavy atom. The van der Waals surface area contributed by atoms with E-state index in [1.807, 2.05) is 0 Å². The minimum absolute atomic E-state index is 0.178. The van der Waals surface area contributed by atoms with Gasteiger partial charge < -0.3 is 5.73 Å². The Balaban J connectivity index is 2.48. The molecule has 0 radical (unpaired) electrons. The molecule has 0 aliphatic carbocycles. The lowest BCUT2D eigenvalue weighted by Gasteiger charge is -2.01. The number of hydrogen-bond acceptors (Lipinski definition) is 4. The monoisotopic (exact) mass is 269 g/mol. The summed E-state index contributed by atoms with van der Waals surface area (Å²) in [5.41, 5.74) is 7.03. The summed E-state index contributed by atoms with van der Waals surface area (Å²) in [6.45, 7) is 4.96. The number of nitrogens with two attached hydrogens (primary N) is 1. The maximum absolute atomic E-state index is 13.2. The standard InChI is InChI=1S/C14H12FN5/c1-4-11-5-14-13(18-6-11)8-19-20(14)10(3)17-7-12(15)9(2)16/h1,5-8H,2,16H2,3H3/b12-7+,17-10+. The molecule has 0 amide bonds. The summed E-state index contributed by atoms with van der Waals surface area (Å²) < 4.78 is 14.7. The summed E-state index contributed by atoms with van der Waals surface area (Å²) in [4.78, 5) is 8.13. The number of nitrogens with zero attached hydrogens (tertiary/aromatic N) is 4. The van der Waals surface area contributed by atoms with Gasteiger partial charge in [0.15, 0.2) is 5.83 Å². The van der Waals surface area contributed by atoms with Gasteiger partial charge in [0, 0.05) is 11.8 Å². The molecule has 0 aliphatic heterocycles. The van der Waals surface area contributed by atoms with E-state index in [2.05, 4.69) is 27.6 Å². The summed E-state index contributed by atoms with van der Waals surface area (Å²) in [5, 5.41) is 4.14.